The lowest BCUT2D eigenvalue weighted by molar-refractivity contribution is -0.146. The largest absolute Gasteiger partial charge is 0.469 e. The van der Waals surface area contributed by atoms with Gasteiger partial charge >= 0.3 is 5.97 Å². The van der Waals surface area contributed by atoms with Crippen molar-refractivity contribution in [1.82, 2.24) is 10.2 Å². The summed E-state index contributed by atoms with van der Waals surface area (Å²) >= 11 is 0. The Kier molecular flexibility index (Phi) is 4.96. The van der Waals surface area contributed by atoms with Gasteiger partial charge in [-0.1, -0.05) is 23.8 Å². The van der Waals surface area contributed by atoms with Gasteiger partial charge in [-0.2, -0.15) is 0 Å². The minimum Gasteiger partial charge on any atom is -0.469 e. The van der Waals surface area contributed by atoms with Crippen molar-refractivity contribution in [2.75, 3.05) is 20.2 Å². The molecule has 0 aromatic heterocycles. The van der Waals surface area contributed by atoms with Gasteiger partial charge in [0, 0.05) is 19.6 Å². The zero-order valence-electron chi connectivity index (χ0n) is 12.8. The minimum absolute atomic E-state index is 0.0905. The van der Waals surface area contributed by atoms with E-state index in [2.05, 4.69) is 42.3 Å². The Labute approximate surface area is 125 Å². The molecule has 1 N–H and O–H groups in total. The predicted octanol–water partition coefficient (Wildman–Crippen LogP) is 1.17. The molecule has 1 saturated heterocycles. The van der Waals surface area contributed by atoms with E-state index >= 15 is 0 Å². The number of aryl methyl sites for hydroxylation is 2. The number of hydrogen-bond acceptors (Lipinski definition) is 4. The van der Waals surface area contributed by atoms with Crippen molar-refractivity contribution >= 4 is 11.9 Å². The molecule has 1 aliphatic heterocycles. The number of piperazine rings is 1. The normalized spacial score (nSPS) is 19.2. The van der Waals surface area contributed by atoms with Crippen molar-refractivity contribution in [3.63, 3.8) is 0 Å². The number of esters is 1. The molecule has 1 aromatic carbocycles. The molecule has 0 radical (unpaired) electrons. The smallest absolute Gasteiger partial charge is 0.307 e. The van der Waals surface area contributed by atoms with E-state index in [9.17, 15) is 9.59 Å². The van der Waals surface area contributed by atoms with Gasteiger partial charge in [-0.3, -0.25) is 14.5 Å². The van der Waals surface area contributed by atoms with Crippen LogP contribution in [-0.4, -0.2) is 43.0 Å². The standard InChI is InChI=1S/C16H22N2O3/c1-11-4-5-12(2)13(8-11)10-18-7-6-17-16(20)14(18)9-15(19)21-3/h4-5,8,14H,6-7,9-10H2,1-3H3,(H,17,20)/t14-/m0/s1. The van der Waals surface area contributed by atoms with Crippen molar-refractivity contribution in [2.45, 2.75) is 32.9 Å². The SMILES string of the molecule is COC(=O)C[C@H]1C(=O)NCCN1Cc1cc(C)ccc1C. The Morgan fingerprint density at radius 1 is 1.43 bits per heavy atom. The van der Waals surface area contributed by atoms with Gasteiger partial charge in [0.05, 0.1) is 13.5 Å². The number of methoxy groups -OCH3 is 1. The molecule has 0 aliphatic carbocycles. The van der Waals surface area contributed by atoms with Crippen LogP contribution in [0.2, 0.25) is 0 Å². The number of benzene rings is 1. The first kappa shape index (κ1) is 15.5. The van der Waals surface area contributed by atoms with E-state index in [4.69, 9.17) is 4.74 Å². The first-order valence-electron chi connectivity index (χ1n) is 7.16. The molecule has 1 aromatic rings. The Morgan fingerprint density at radius 3 is 2.90 bits per heavy atom. The van der Waals surface area contributed by atoms with E-state index in [1.165, 1.54) is 23.8 Å². The van der Waals surface area contributed by atoms with Crippen LogP contribution in [0.5, 0.6) is 0 Å². The summed E-state index contributed by atoms with van der Waals surface area (Å²) in [7, 11) is 1.35. The fourth-order valence-corrected chi connectivity index (χ4v) is 2.60. The number of amides is 1. The Hall–Kier alpha value is -1.88. The molecule has 0 saturated carbocycles. The number of carbonyl (C=O) groups is 2. The van der Waals surface area contributed by atoms with E-state index in [0.717, 1.165) is 6.54 Å². The minimum atomic E-state index is -0.453. The van der Waals surface area contributed by atoms with E-state index < -0.39 is 6.04 Å². The van der Waals surface area contributed by atoms with Crippen LogP contribution in [0, 0.1) is 13.8 Å². The maximum absolute atomic E-state index is 12.0. The molecule has 5 heteroatoms. The maximum Gasteiger partial charge on any atom is 0.307 e. The van der Waals surface area contributed by atoms with Crippen LogP contribution in [0.4, 0.5) is 0 Å². The van der Waals surface area contributed by atoms with E-state index in [-0.39, 0.29) is 18.3 Å². The number of nitrogens with zero attached hydrogens (tertiary/aromatic N) is 1. The maximum atomic E-state index is 12.0. The van der Waals surface area contributed by atoms with Crippen molar-refractivity contribution in [2.24, 2.45) is 0 Å². The molecular formula is C16H22N2O3. The van der Waals surface area contributed by atoms with Crippen LogP contribution in [0.25, 0.3) is 0 Å². The summed E-state index contributed by atoms with van der Waals surface area (Å²) in [5.41, 5.74) is 3.59. The van der Waals surface area contributed by atoms with Gasteiger partial charge in [0.25, 0.3) is 0 Å². The van der Waals surface area contributed by atoms with Crippen LogP contribution < -0.4 is 5.32 Å². The van der Waals surface area contributed by atoms with Crippen LogP contribution in [-0.2, 0) is 20.9 Å². The van der Waals surface area contributed by atoms with Crippen molar-refractivity contribution in [3.05, 3.63) is 34.9 Å². The second kappa shape index (κ2) is 6.72. The fourth-order valence-electron chi connectivity index (χ4n) is 2.60. The van der Waals surface area contributed by atoms with Gasteiger partial charge < -0.3 is 10.1 Å². The van der Waals surface area contributed by atoms with Crippen LogP contribution in [0.15, 0.2) is 18.2 Å². The van der Waals surface area contributed by atoms with Gasteiger partial charge in [-0.25, -0.2) is 0 Å². The van der Waals surface area contributed by atoms with E-state index in [0.29, 0.717) is 13.1 Å². The Balaban J connectivity index is 2.16. The monoisotopic (exact) mass is 290 g/mol. The molecule has 114 valence electrons. The number of hydrogen-bond donors (Lipinski definition) is 1. The highest BCUT2D eigenvalue weighted by atomic mass is 16.5. The summed E-state index contributed by atoms with van der Waals surface area (Å²) in [5.74, 6) is -0.458. The highest BCUT2D eigenvalue weighted by molar-refractivity contribution is 5.87. The van der Waals surface area contributed by atoms with Gasteiger partial charge in [-0.15, -0.1) is 0 Å². The molecule has 5 nitrogen and oxygen atoms in total. The third-order valence-electron chi connectivity index (χ3n) is 3.91. The summed E-state index contributed by atoms with van der Waals surface area (Å²) in [5, 5.41) is 2.81. The highest BCUT2D eigenvalue weighted by Gasteiger charge is 2.32. The topological polar surface area (TPSA) is 58.6 Å². The molecular weight excluding hydrogens is 268 g/mol. The van der Waals surface area contributed by atoms with E-state index in [1.807, 2.05) is 0 Å². The molecule has 2 rings (SSSR count). The average molecular weight is 290 g/mol. The highest BCUT2D eigenvalue weighted by Crippen LogP contribution is 2.18. The first-order valence-corrected chi connectivity index (χ1v) is 7.16. The second-order valence-corrected chi connectivity index (χ2v) is 5.49. The molecule has 1 atom stereocenters. The third kappa shape index (κ3) is 3.82. The molecule has 0 spiro atoms. The summed E-state index contributed by atoms with van der Waals surface area (Å²) in [4.78, 5) is 25.6. The zero-order valence-corrected chi connectivity index (χ0v) is 12.8. The number of rotatable bonds is 4. The lowest BCUT2D eigenvalue weighted by Crippen LogP contribution is -2.55. The third-order valence-corrected chi connectivity index (χ3v) is 3.91. The zero-order chi connectivity index (χ0) is 15.4. The van der Waals surface area contributed by atoms with Crippen molar-refractivity contribution in [1.29, 1.82) is 0 Å². The molecule has 1 fully saturated rings. The molecule has 21 heavy (non-hydrogen) atoms. The van der Waals surface area contributed by atoms with Gasteiger partial charge in [0.2, 0.25) is 5.91 Å². The van der Waals surface area contributed by atoms with Gasteiger partial charge in [0.15, 0.2) is 0 Å². The Bertz CT molecular complexity index is 542. The average Bonchev–Trinajstić information content (AvgIpc) is 2.46. The molecule has 0 unspecified atom stereocenters. The van der Waals surface area contributed by atoms with E-state index in [1.54, 1.807) is 0 Å². The lowest BCUT2D eigenvalue weighted by atomic mass is 10.0. The summed E-state index contributed by atoms with van der Waals surface area (Å²) < 4.78 is 4.70. The summed E-state index contributed by atoms with van der Waals surface area (Å²) in [6, 6.07) is 5.85. The first-order chi connectivity index (χ1) is 10.0. The number of ether oxygens (including phenoxy) is 1. The molecule has 0 bridgehead atoms. The van der Waals surface area contributed by atoms with Crippen LogP contribution >= 0.6 is 0 Å². The van der Waals surface area contributed by atoms with Gasteiger partial charge in [0.1, 0.15) is 6.04 Å². The number of carbonyl (C=O) groups excluding carboxylic acids is 2. The lowest BCUT2D eigenvalue weighted by Gasteiger charge is -2.34. The second-order valence-electron chi connectivity index (χ2n) is 5.49. The quantitative estimate of drug-likeness (QED) is 0.846. The molecule has 1 amide bonds. The Morgan fingerprint density at radius 2 is 2.19 bits per heavy atom. The number of nitrogens with one attached hydrogen (secondary N) is 1. The van der Waals surface area contributed by atoms with Crippen molar-refractivity contribution < 1.29 is 14.3 Å². The van der Waals surface area contributed by atoms with Crippen LogP contribution in [0.1, 0.15) is 23.1 Å². The predicted molar refractivity (Wildman–Crippen MR) is 79.8 cm³/mol. The fraction of sp³-hybridized carbons (Fsp3) is 0.500. The van der Waals surface area contributed by atoms with Crippen molar-refractivity contribution in [3.8, 4) is 0 Å². The summed E-state index contributed by atoms with van der Waals surface area (Å²) in [6.45, 7) is 6.14. The molecule has 1 heterocycles. The summed E-state index contributed by atoms with van der Waals surface area (Å²) in [6.07, 6.45) is 0.0905. The van der Waals surface area contributed by atoms with Gasteiger partial charge in [-0.05, 0) is 25.0 Å². The van der Waals surface area contributed by atoms with Crippen LogP contribution in [0.3, 0.4) is 0 Å². The molecule has 1 aliphatic rings.